The molecule has 0 spiro atoms. The molecule has 5 nitrogen and oxygen atoms in total. The van der Waals surface area contributed by atoms with E-state index in [0.717, 1.165) is 0 Å². The van der Waals surface area contributed by atoms with Gasteiger partial charge in [-0.15, -0.1) is 0 Å². The van der Waals surface area contributed by atoms with Crippen molar-refractivity contribution in [3.8, 4) is 17.2 Å². The van der Waals surface area contributed by atoms with Gasteiger partial charge in [-0.25, -0.2) is 0 Å². The summed E-state index contributed by atoms with van der Waals surface area (Å²) in [5, 5.41) is 3.54. The summed E-state index contributed by atoms with van der Waals surface area (Å²) in [6.07, 6.45) is 2.94. The van der Waals surface area contributed by atoms with E-state index in [1.54, 1.807) is 18.2 Å². The number of ether oxygens (including phenoxy) is 3. The second-order valence-electron chi connectivity index (χ2n) is 4.74. The predicted molar refractivity (Wildman–Crippen MR) is 94.6 cm³/mol. The Kier molecular flexibility index (Phi) is 6.09. The second kappa shape index (κ2) is 8.26. The Morgan fingerprint density at radius 2 is 1.67 bits per heavy atom. The minimum absolute atomic E-state index is 0.214. The monoisotopic (exact) mass is 347 g/mol. The SMILES string of the molecule is COc1cc(C(=O)/C=C/Nc2ccccc2Cl)cc(OC)c1OC. The highest BCUT2D eigenvalue weighted by Gasteiger charge is 2.15. The standard InChI is InChI=1S/C18H18ClNO4/c1-22-16-10-12(11-17(23-2)18(16)24-3)15(21)8-9-20-14-7-5-4-6-13(14)19/h4-11,20H,1-3H3/b9-8+. The number of carbonyl (C=O) groups excluding carboxylic acids is 1. The van der Waals surface area contributed by atoms with E-state index in [1.807, 2.05) is 18.2 Å². The maximum absolute atomic E-state index is 12.3. The molecule has 1 N–H and O–H groups in total. The molecular formula is C18H18ClNO4. The van der Waals surface area contributed by atoms with Crippen molar-refractivity contribution >= 4 is 23.1 Å². The summed E-state index contributed by atoms with van der Waals surface area (Å²) in [6, 6.07) is 10.5. The van der Waals surface area contributed by atoms with Gasteiger partial charge in [0.1, 0.15) is 0 Å². The van der Waals surface area contributed by atoms with E-state index in [4.69, 9.17) is 25.8 Å². The van der Waals surface area contributed by atoms with Crippen molar-refractivity contribution in [2.24, 2.45) is 0 Å². The molecule has 0 aliphatic heterocycles. The van der Waals surface area contributed by atoms with Crippen molar-refractivity contribution < 1.29 is 19.0 Å². The number of anilines is 1. The number of hydrogen-bond donors (Lipinski definition) is 1. The predicted octanol–water partition coefficient (Wildman–Crippen LogP) is 4.17. The molecule has 6 heteroatoms. The van der Waals surface area contributed by atoms with Crippen LogP contribution >= 0.6 is 11.6 Å². The van der Waals surface area contributed by atoms with Crippen LogP contribution in [0.1, 0.15) is 10.4 Å². The highest BCUT2D eigenvalue weighted by molar-refractivity contribution is 6.33. The van der Waals surface area contributed by atoms with Gasteiger partial charge in [0.05, 0.1) is 32.0 Å². The third-order valence-electron chi connectivity index (χ3n) is 3.30. The minimum atomic E-state index is -0.214. The molecule has 0 saturated carbocycles. The Bertz CT molecular complexity index is 733. The van der Waals surface area contributed by atoms with E-state index < -0.39 is 0 Å². The van der Waals surface area contributed by atoms with Crippen LogP contribution in [0.15, 0.2) is 48.7 Å². The van der Waals surface area contributed by atoms with Crippen LogP contribution in [-0.2, 0) is 0 Å². The summed E-state index contributed by atoms with van der Waals surface area (Å²) in [5.74, 6) is 1.07. The fourth-order valence-corrected chi connectivity index (χ4v) is 2.30. The highest BCUT2D eigenvalue weighted by Crippen LogP contribution is 2.38. The number of benzene rings is 2. The molecule has 0 bridgehead atoms. The number of carbonyl (C=O) groups is 1. The van der Waals surface area contributed by atoms with Crippen molar-refractivity contribution in [2.45, 2.75) is 0 Å². The maximum Gasteiger partial charge on any atom is 0.203 e. The molecule has 0 radical (unpaired) electrons. The fraction of sp³-hybridized carbons (Fsp3) is 0.167. The Hall–Kier alpha value is -2.66. The number of allylic oxidation sites excluding steroid dienone is 1. The number of rotatable bonds is 7. The minimum Gasteiger partial charge on any atom is -0.493 e. The number of hydrogen-bond acceptors (Lipinski definition) is 5. The zero-order valence-corrected chi connectivity index (χ0v) is 14.4. The first-order valence-corrected chi connectivity index (χ1v) is 7.50. The summed E-state index contributed by atoms with van der Waals surface area (Å²) >= 11 is 6.04. The number of halogens is 1. The van der Waals surface area contributed by atoms with Gasteiger partial charge in [0.2, 0.25) is 5.75 Å². The van der Waals surface area contributed by atoms with Crippen LogP contribution in [0.4, 0.5) is 5.69 Å². The Morgan fingerprint density at radius 1 is 1.04 bits per heavy atom. The van der Waals surface area contributed by atoms with Gasteiger partial charge in [-0.3, -0.25) is 4.79 Å². The van der Waals surface area contributed by atoms with Gasteiger partial charge in [-0.2, -0.15) is 0 Å². The normalized spacial score (nSPS) is 10.5. The third kappa shape index (κ3) is 4.00. The van der Waals surface area contributed by atoms with Crippen LogP contribution in [0.25, 0.3) is 0 Å². The molecule has 0 aliphatic rings. The van der Waals surface area contributed by atoms with Gasteiger partial charge in [0, 0.05) is 17.8 Å². The molecule has 0 saturated heterocycles. The van der Waals surface area contributed by atoms with E-state index in [2.05, 4.69) is 5.32 Å². The Balaban J connectivity index is 2.20. The smallest absolute Gasteiger partial charge is 0.203 e. The lowest BCUT2D eigenvalue weighted by molar-refractivity contribution is 0.104. The largest absolute Gasteiger partial charge is 0.493 e. The lowest BCUT2D eigenvalue weighted by Gasteiger charge is -2.13. The van der Waals surface area contributed by atoms with E-state index >= 15 is 0 Å². The van der Waals surface area contributed by atoms with Gasteiger partial charge < -0.3 is 19.5 Å². The fourth-order valence-electron chi connectivity index (χ4n) is 2.10. The molecule has 126 valence electrons. The maximum atomic E-state index is 12.3. The zero-order chi connectivity index (χ0) is 17.5. The molecule has 2 aromatic rings. The van der Waals surface area contributed by atoms with Crippen molar-refractivity contribution in [1.82, 2.24) is 0 Å². The first kappa shape index (κ1) is 17.7. The molecule has 24 heavy (non-hydrogen) atoms. The average Bonchev–Trinajstić information content (AvgIpc) is 2.61. The van der Waals surface area contributed by atoms with Crippen LogP contribution in [0.3, 0.4) is 0 Å². The van der Waals surface area contributed by atoms with Gasteiger partial charge in [0.25, 0.3) is 0 Å². The number of ketones is 1. The third-order valence-corrected chi connectivity index (χ3v) is 3.63. The molecular weight excluding hydrogens is 330 g/mol. The molecule has 0 heterocycles. The van der Waals surface area contributed by atoms with Gasteiger partial charge >= 0.3 is 0 Å². The zero-order valence-electron chi connectivity index (χ0n) is 13.6. The van der Waals surface area contributed by atoms with E-state index in [9.17, 15) is 4.79 Å². The summed E-state index contributed by atoms with van der Waals surface area (Å²) < 4.78 is 15.7. The summed E-state index contributed by atoms with van der Waals surface area (Å²) in [7, 11) is 4.51. The van der Waals surface area contributed by atoms with Crippen LogP contribution in [-0.4, -0.2) is 27.1 Å². The lowest BCUT2D eigenvalue weighted by Crippen LogP contribution is -2.01. The number of methoxy groups -OCH3 is 3. The molecule has 0 fully saturated rings. The summed E-state index contributed by atoms with van der Waals surface area (Å²) in [6.45, 7) is 0. The quantitative estimate of drug-likeness (QED) is 0.601. The van der Waals surface area contributed by atoms with Crippen LogP contribution in [0, 0.1) is 0 Å². The second-order valence-corrected chi connectivity index (χ2v) is 5.14. The molecule has 0 aliphatic carbocycles. The van der Waals surface area contributed by atoms with Crippen molar-refractivity contribution in [3.63, 3.8) is 0 Å². The van der Waals surface area contributed by atoms with Gasteiger partial charge in [-0.05, 0) is 24.3 Å². The number of nitrogens with one attached hydrogen (secondary N) is 1. The molecule has 0 atom stereocenters. The van der Waals surface area contributed by atoms with E-state index in [-0.39, 0.29) is 5.78 Å². The van der Waals surface area contributed by atoms with Crippen molar-refractivity contribution in [2.75, 3.05) is 26.6 Å². The first-order chi connectivity index (χ1) is 11.6. The van der Waals surface area contributed by atoms with Crippen LogP contribution < -0.4 is 19.5 Å². The van der Waals surface area contributed by atoms with Crippen LogP contribution in [0.5, 0.6) is 17.2 Å². The lowest BCUT2D eigenvalue weighted by atomic mass is 10.1. The molecule has 2 rings (SSSR count). The molecule has 0 aromatic heterocycles. The van der Waals surface area contributed by atoms with Crippen LogP contribution in [0.2, 0.25) is 5.02 Å². The summed E-state index contributed by atoms with van der Waals surface area (Å²) in [5.41, 5.74) is 1.13. The topological polar surface area (TPSA) is 56.8 Å². The number of para-hydroxylation sites is 1. The van der Waals surface area contributed by atoms with E-state index in [1.165, 1.54) is 33.6 Å². The first-order valence-electron chi connectivity index (χ1n) is 7.12. The highest BCUT2D eigenvalue weighted by atomic mass is 35.5. The Morgan fingerprint density at radius 3 is 2.21 bits per heavy atom. The van der Waals surface area contributed by atoms with Gasteiger partial charge in [0.15, 0.2) is 17.3 Å². The molecule has 0 unspecified atom stereocenters. The summed E-state index contributed by atoms with van der Waals surface area (Å²) in [4.78, 5) is 12.3. The average molecular weight is 348 g/mol. The van der Waals surface area contributed by atoms with Crippen molar-refractivity contribution in [3.05, 3.63) is 59.3 Å². The van der Waals surface area contributed by atoms with E-state index in [0.29, 0.717) is 33.5 Å². The molecule has 2 aromatic carbocycles. The van der Waals surface area contributed by atoms with Crippen molar-refractivity contribution in [1.29, 1.82) is 0 Å². The molecule has 0 amide bonds. The van der Waals surface area contributed by atoms with Gasteiger partial charge in [-0.1, -0.05) is 23.7 Å². The Labute approximate surface area is 145 Å².